The van der Waals surface area contributed by atoms with Crippen molar-refractivity contribution in [1.82, 2.24) is 19.9 Å². The molecule has 140 valence electrons. The van der Waals surface area contributed by atoms with Gasteiger partial charge in [0.05, 0.1) is 11.9 Å². The number of hydrogen-bond acceptors (Lipinski definition) is 7. The number of carbonyl (C=O) groups excluding carboxylic acids is 1. The van der Waals surface area contributed by atoms with E-state index in [-0.39, 0.29) is 5.91 Å². The second-order valence-corrected chi connectivity index (χ2v) is 5.88. The molecule has 4 rings (SSSR count). The molecule has 0 saturated heterocycles. The van der Waals surface area contributed by atoms with E-state index in [0.717, 1.165) is 5.69 Å². The van der Waals surface area contributed by atoms with Gasteiger partial charge in [0.2, 0.25) is 0 Å². The molecule has 0 aliphatic carbocycles. The normalized spacial score (nSPS) is 12.7. The third-order valence-corrected chi connectivity index (χ3v) is 4.14. The number of nitrogens with one attached hydrogen (secondary N) is 3. The molecule has 9 nitrogen and oxygen atoms in total. The van der Waals surface area contributed by atoms with Gasteiger partial charge >= 0.3 is 0 Å². The Labute approximate surface area is 155 Å². The number of fused-ring (bicyclic) bond motifs is 2. The van der Waals surface area contributed by atoms with Crippen molar-refractivity contribution >= 4 is 28.9 Å². The standard InChI is InChI=1S/C18H20N6O3/c1-3-20-18(25)11-10-21-24-15(19-2)9-14(23-17(11)24)22-12-5-4-6-13-16(12)27-8-7-26-13/h4-6,9-10,19H,3,7-8H2,1-2H3,(H,20,25)(H,22,23). The quantitative estimate of drug-likeness (QED) is 0.633. The Hall–Kier alpha value is -3.49. The SMILES string of the molecule is CCNC(=O)c1cnn2c(NC)cc(Nc3cccc4c3OCCO4)nc12. The number of rotatable bonds is 5. The molecule has 0 spiro atoms. The van der Waals surface area contributed by atoms with Crippen molar-refractivity contribution in [2.45, 2.75) is 6.92 Å². The fourth-order valence-corrected chi connectivity index (χ4v) is 2.93. The van der Waals surface area contributed by atoms with Crippen LogP contribution in [0.15, 0.2) is 30.5 Å². The number of anilines is 3. The van der Waals surface area contributed by atoms with Crippen molar-refractivity contribution in [3.05, 3.63) is 36.0 Å². The largest absolute Gasteiger partial charge is 0.486 e. The lowest BCUT2D eigenvalue weighted by atomic mass is 10.2. The molecule has 0 saturated carbocycles. The minimum absolute atomic E-state index is 0.215. The van der Waals surface area contributed by atoms with Crippen LogP contribution in [0, 0.1) is 0 Å². The van der Waals surface area contributed by atoms with E-state index in [2.05, 4.69) is 26.0 Å². The summed E-state index contributed by atoms with van der Waals surface area (Å²) in [5, 5.41) is 13.4. The number of aromatic nitrogens is 3. The second-order valence-electron chi connectivity index (χ2n) is 5.88. The molecule has 0 radical (unpaired) electrons. The van der Waals surface area contributed by atoms with E-state index in [9.17, 15) is 4.79 Å². The zero-order valence-electron chi connectivity index (χ0n) is 15.1. The number of nitrogens with zero attached hydrogens (tertiary/aromatic N) is 3. The fraction of sp³-hybridized carbons (Fsp3) is 0.278. The first-order chi connectivity index (χ1) is 13.2. The molecule has 27 heavy (non-hydrogen) atoms. The number of hydrogen-bond donors (Lipinski definition) is 3. The molecular weight excluding hydrogens is 348 g/mol. The Kier molecular flexibility index (Phi) is 4.41. The smallest absolute Gasteiger partial charge is 0.256 e. The average Bonchev–Trinajstić information content (AvgIpc) is 3.12. The molecule has 0 atom stereocenters. The van der Waals surface area contributed by atoms with Crippen LogP contribution in [0.2, 0.25) is 0 Å². The first-order valence-electron chi connectivity index (χ1n) is 8.71. The first kappa shape index (κ1) is 17.0. The molecule has 0 unspecified atom stereocenters. The van der Waals surface area contributed by atoms with Crippen molar-refractivity contribution in [3.63, 3.8) is 0 Å². The highest BCUT2D eigenvalue weighted by Crippen LogP contribution is 2.38. The van der Waals surface area contributed by atoms with Crippen LogP contribution in [0.4, 0.5) is 17.3 Å². The molecule has 1 aliphatic heterocycles. The van der Waals surface area contributed by atoms with Crippen LogP contribution in [0.1, 0.15) is 17.3 Å². The van der Waals surface area contributed by atoms with E-state index < -0.39 is 0 Å². The number of benzene rings is 1. The number of ether oxygens (including phenoxy) is 2. The molecule has 2 aromatic heterocycles. The van der Waals surface area contributed by atoms with Crippen molar-refractivity contribution in [2.24, 2.45) is 0 Å². The Balaban J connectivity index is 1.76. The highest BCUT2D eigenvalue weighted by molar-refractivity contribution is 6.00. The zero-order chi connectivity index (χ0) is 18.8. The fourth-order valence-electron chi connectivity index (χ4n) is 2.93. The van der Waals surface area contributed by atoms with E-state index in [0.29, 0.717) is 54.1 Å². The molecule has 3 aromatic rings. The summed E-state index contributed by atoms with van der Waals surface area (Å²) in [7, 11) is 1.79. The lowest BCUT2D eigenvalue weighted by Gasteiger charge is -2.21. The Morgan fingerprint density at radius 3 is 2.96 bits per heavy atom. The first-order valence-corrected chi connectivity index (χ1v) is 8.71. The monoisotopic (exact) mass is 368 g/mol. The third-order valence-electron chi connectivity index (χ3n) is 4.14. The van der Waals surface area contributed by atoms with Crippen LogP contribution >= 0.6 is 0 Å². The second kappa shape index (κ2) is 7.02. The van der Waals surface area contributed by atoms with Crippen molar-refractivity contribution < 1.29 is 14.3 Å². The van der Waals surface area contributed by atoms with Crippen LogP contribution in [-0.2, 0) is 0 Å². The van der Waals surface area contributed by atoms with Gasteiger partial charge in [-0.15, -0.1) is 0 Å². The van der Waals surface area contributed by atoms with Crippen molar-refractivity contribution in [1.29, 1.82) is 0 Å². The number of amides is 1. The Morgan fingerprint density at radius 2 is 2.15 bits per heavy atom. The summed E-state index contributed by atoms with van der Waals surface area (Å²) < 4.78 is 12.9. The van der Waals surface area contributed by atoms with Crippen LogP contribution in [0.25, 0.3) is 5.65 Å². The van der Waals surface area contributed by atoms with Gasteiger partial charge in [-0.1, -0.05) is 6.07 Å². The summed E-state index contributed by atoms with van der Waals surface area (Å²) >= 11 is 0. The third kappa shape index (κ3) is 3.07. The summed E-state index contributed by atoms with van der Waals surface area (Å²) in [6.07, 6.45) is 1.51. The van der Waals surface area contributed by atoms with E-state index >= 15 is 0 Å². The van der Waals surface area contributed by atoms with Gasteiger partial charge in [-0.05, 0) is 19.1 Å². The molecule has 9 heteroatoms. The minimum atomic E-state index is -0.215. The van der Waals surface area contributed by atoms with Crippen LogP contribution < -0.4 is 25.4 Å². The van der Waals surface area contributed by atoms with E-state index in [1.807, 2.05) is 31.2 Å². The molecule has 3 N–H and O–H groups in total. The lowest BCUT2D eigenvalue weighted by molar-refractivity contribution is 0.0957. The summed E-state index contributed by atoms with van der Waals surface area (Å²) in [6.45, 7) is 3.41. The molecular formula is C18H20N6O3. The Morgan fingerprint density at radius 1 is 1.30 bits per heavy atom. The molecule has 1 aromatic carbocycles. The van der Waals surface area contributed by atoms with E-state index in [1.165, 1.54) is 6.20 Å². The molecule has 1 aliphatic rings. The molecule has 3 heterocycles. The maximum Gasteiger partial charge on any atom is 0.256 e. The van der Waals surface area contributed by atoms with Gasteiger partial charge in [0, 0.05) is 19.7 Å². The highest BCUT2D eigenvalue weighted by Gasteiger charge is 2.19. The van der Waals surface area contributed by atoms with Crippen LogP contribution in [0.3, 0.4) is 0 Å². The van der Waals surface area contributed by atoms with Gasteiger partial charge in [-0.25, -0.2) is 4.98 Å². The maximum atomic E-state index is 12.3. The van der Waals surface area contributed by atoms with Gasteiger partial charge in [0.15, 0.2) is 17.1 Å². The molecule has 0 bridgehead atoms. The van der Waals surface area contributed by atoms with Crippen LogP contribution in [-0.4, -0.2) is 47.3 Å². The molecule has 0 fully saturated rings. The number of para-hydroxylation sites is 1. The lowest BCUT2D eigenvalue weighted by Crippen LogP contribution is -2.22. The van der Waals surface area contributed by atoms with Crippen molar-refractivity contribution in [2.75, 3.05) is 37.4 Å². The number of carbonyl (C=O) groups is 1. The molecule has 1 amide bonds. The van der Waals surface area contributed by atoms with Gasteiger partial charge in [-0.2, -0.15) is 9.61 Å². The summed E-state index contributed by atoms with van der Waals surface area (Å²) in [6, 6.07) is 7.44. The summed E-state index contributed by atoms with van der Waals surface area (Å²) in [5.41, 5.74) is 1.61. The van der Waals surface area contributed by atoms with Gasteiger partial charge in [-0.3, -0.25) is 4.79 Å². The highest BCUT2D eigenvalue weighted by atomic mass is 16.6. The average molecular weight is 368 g/mol. The predicted molar refractivity (Wildman–Crippen MR) is 101 cm³/mol. The zero-order valence-corrected chi connectivity index (χ0v) is 15.1. The summed E-state index contributed by atoms with van der Waals surface area (Å²) in [5.74, 6) is 2.37. The van der Waals surface area contributed by atoms with Crippen molar-refractivity contribution in [3.8, 4) is 11.5 Å². The van der Waals surface area contributed by atoms with Gasteiger partial charge in [0.1, 0.15) is 30.4 Å². The van der Waals surface area contributed by atoms with E-state index in [1.54, 1.807) is 11.6 Å². The van der Waals surface area contributed by atoms with Crippen LogP contribution in [0.5, 0.6) is 11.5 Å². The predicted octanol–water partition coefficient (Wildman–Crippen LogP) is 2.04. The summed E-state index contributed by atoms with van der Waals surface area (Å²) in [4.78, 5) is 16.9. The Bertz CT molecular complexity index is 1000. The maximum absolute atomic E-state index is 12.3. The van der Waals surface area contributed by atoms with Gasteiger partial charge in [0.25, 0.3) is 5.91 Å². The van der Waals surface area contributed by atoms with E-state index in [4.69, 9.17) is 9.47 Å². The topological polar surface area (TPSA) is 102 Å². The minimum Gasteiger partial charge on any atom is -0.486 e. The van der Waals surface area contributed by atoms with Gasteiger partial charge < -0.3 is 25.4 Å².